The largest absolute Gasteiger partial charge is 0.454 e. The number of furan rings is 1. The van der Waals surface area contributed by atoms with Crippen molar-refractivity contribution in [2.75, 3.05) is 19.6 Å². The molecule has 1 aliphatic heterocycles. The maximum absolute atomic E-state index is 12.8. The number of aromatic nitrogens is 2. The van der Waals surface area contributed by atoms with E-state index < -0.39 is 6.04 Å². The summed E-state index contributed by atoms with van der Waals surface area (Å²) in [5.74, 6) is 0.574. The molecule has 1 aliphatic carbocycles. The third-order valence-electron chi connectivity index (χ3n) is 4.48. The summed E-state index contributed by atoms with van der Waals surface area (Å²) in [6.45, 7) is 2.08. The van der Waals surface area contributed by atoms with Crippen molar-refractivity contribution in [3.05, 3.63) is 42.1 Å². The minimum absolute atomic E-state index is 0.0913. The van der Waals surface area contributed by atoms with Crippen LogP contribution in [0.4, 0.5) is 0 Å². The zero-order valence-electron chi connectivity index (χ0n) is 13.9. The minimum Gasteiger partial charge on any atom is -0.454 e. The molecule has 0 bridgehead atoms. The van der Waals surface area contributed by atoms with Crippen LogP contribution in [0.1, 0.15) is 29.2 Å². The lowest BCUT2D eigenvalue weighted by atomic mass is 10.1. The van der Waals surface area contributed by atoms with Crippen molar-refractivity contribution >= 4 is 11.8 Å². The van der Waals surface area contributed by atoms with Crippen LogP contribution in [0.25, 0.3) is 0 Å². The van der Waals surface area contributed by atoms with Gasteiger partial charge in [-0.1, -0.05) is 0 Å². The summed E-state index contributed by atoms with van der Waals surface area (Å²) in [5.41, 5.74) is 0. The molecule has 2 aliphatic rings. The molecule has 2 fully saturated rings. The van der Waals surface area contributed by atoms with E-state index in [-0.39, 0.29) is 23.6 Å². The van der Waals surface area contributed by atoms with E-state index in [1.807, 2.05) is 12.3 Å². The predicted octanol–water partition coefficient (Wildman–Crippen LogP) is 0.217. The zero-order valence-corrected chi connectivity index (χ0v) is 13.9. The van der Waals surface area contributed by atoms with Crippen LogP contribution in [0, 0.1) is 0 Å². The average Bonchev–Trinajstić information content (AvgIpc) is 3.10. The van der Waals surface area contributed by atoms with Crippen molar-refractivity contribution in [3.8, 4) is 0 Å². The Hall–Kier alpha value is -2.61. The smallest absolute Gasteiger partial charge is 0.290 e. The van der Waals surface area contributed by atoms with E-state index in [0.717, 1.165) is 12.8 Å². The number of carbonyl (C=O) groups is 2. The van der Waals surface area contributed by atoms with Crippen molar-refractivity contribution in [1.82, 2.24) is 25.3 Å². The van der Waals surface area contributed by atoms with E-state index in [1.54, 1.807) is 27.9 Å². The third-order valence-corrected chi connectivity index (χ3v) is 4.48. The highest BCUT2D eigenvalue weighted by Gasteiger charge is 2.36. The van der Waals surface area contributed by atoms with Crippen LogP contribution in [-0.2, 0) is 11.3 Å². The van der Waals surface area contributed by atoms with E-state index in [1.165, 1.54) is 0 Å². The van der Waals surface area contributed by atoms with Gasteiger partial charge in [-0.05, 0) is 31.0 Å². The van der Waals surface area contributed by atoms with E-state index in [2.05, 4.69) is 15.7 Å². The number of nitrogens with one attached hydrogen (secondary N) is 2. The molecule has 8 heteroatoms. The van der Waals surface area contributed by atoms with Gasteiger partial charge in [-0.25, -0.2) is 0 Å². The topological polar surface area (TPSA) is 92.4 Å². The number of hydrogen-bond acceptors (Lipinski definition) is 5. The highest BCUT2D eigenvalue weighted by Crippen LogP contribution is 2.20. The summed E-state index contributed by atoms with van der Waals surface area (Å²) in [6.07, 6.45) is 5.57. The lowest BCUT2D eigenvalue weighted by Crippen LogP contribution is -2.59. The molecule has 1 saturated carbocycles. The Labute approximate surface area is 145 Å². The van der Waals surface area contributed by atoms with Crippen LogP contribution in [0.3, 0.4) is 0 Å². The Kier molecular flexibility index (Phi) is 4.27. The highest BCUT2D eigenvalue weighted by atomic mass is 16.4. The molecule has 0 aromatic carbocycles. The Morgan fingerprint density at radius 1 is 1.36 bits per heavy atom. The minimum atomic E-state index is -0.499. The van der Waals surface area contributed by atoms with Crippen molar-refractivity contribution < 1.29 is 14.0 Å². The molecule has 1 atom stereocenters. The van der Waals surface area contributed by atoms with Gasteiger partial charge in [-0.15, -0.1) is 0 Å². The lowest BCUT2D eigenvalue weighted by molar-refractivity contribution is -0.126. The maximum Gasteiger partial charge on any atom is 0.290 e. The molecular formula is C17H21N5O3. The van der Waals surface area contributed by atoms with Gasteiger partial charge < -0.3 is 20.0 Å². The van der Waals surface area contributed by atoms with Crippen molar-refractivity contribution in [1.29, 1.82) is 0 Å². The average molecular weight is 343 g/mol. The Morgan fingerprint density at radius 2 is 2.24 bits per heavy atom. The molecule has 132 valence electrons. The number of rotatable bonds is 5. The van der Waals surface area contributed by atoms with Gasteiger partial charge in [-0.2, -0.15) is 5.10 Å². The summed E-state index contributed by atoms with van der Waals surface area (Å²) >= 11 is 0. The first kappa shape index (κ1) is 15.9. The second-order valence-electron chi connectivity index (χ2n) is 6.47. The quantitative estimate of drug-likeness (QED) is 0.810. The molecule has 0 radical (unpaired) electrons. The molecule has 2 aromatic rings. The van der Waals surface area contributed by atoms with Crippen molar-refractivity contribution in [3.63, 3.8) is 0 Å². The Balaban J connectivity index is 1.46. The van der Waals surface area contributed by atoms with Gasteiger partial charge in [0.25, 0.3) is 5.91 Å². The lowest BCUT2D eigenvalue weighted by Gasteiger charge is -2.34. The second kappa shape index (κ2) is 6.72. The molecule has 4 rings (SSSR count). The van der Waals surface area contributed by atoms with Crippen molar-refractivity contribution in [2.24, 2.45) is 0 Å². The summed E-state index contributed by atoms with van der Waals surface area (Å²) in [5, 5.41) is 10.3. The molecular weight excluding hydrogens is 322 g/mol. The summed E-state index contributed by atoms with van der Waals surface area (Å²) in [7, 11) is 0. The first-order valence-electron chi connectivity index (χ1n) is 8.59. The maximum atomic E-state index is 12.8. The second-order valence-corrected chi connectivity index (χ2v) is 6.47. The van der Waals surface area contributed by atoms with Gasteiger partial charge in [0.1, 0.15) is 11.8 Å². The normalized spacial score (nSPS) is 20.5. The standard InChI is InChI=1S/C17H21N5O3/c23-16(20-12-2-3-12)14-10-18-7-9-22(14)17(24)15-5-4-13(25-15)11-21-8-1-6-19-21/h1,4-6,8,12,14,18H,2-3,7,9-11H2,(H,20,23)/t14-/m1/s1. The molecule has 0 unspecified atom stereocenters. The molecule has 3 heterocycles. The molecule has 1 saturated heterocycles. The summed E-state index contributed by atoms with van der Waals surface area (Å²) in [4.78, 5) is 26.9. The SMILES string of the molecule is O=C(NC1CC1)[C@H]1CNCCN1C(=O)c1ccc(Cn2cccn2)o1. The van der Waals surface area contributed by atoms with Crippen molar-refractivity contribution in [2.45, 2.75) is 31.5 Å². The van der Waals surface area contributed by atoms with Gasteiger partial charge in [0.15, 0.2) is 5.76 Å². The van der Waals surface area contributed by atoms with Crippen LogP contribution in [-0.4, -0.2) is 58.2 Å². The van der Waals surface area contributed by atoms with Gasteiger partial charge in [-0.3, -0.25) is 14.3 Å². The summed E-state index contributed by atoms with van der Waals surface area (Å²) in [6, 6.07) is 5.05. The Morgan fingerprint density at radius 3 is 3.00 bits per heavy atom. The molecule has 8 nitrogen and oxygen atoms in total. The van der Waals surface area contributed by atoms with Gasteiger partial charge in [0, 0.05) is 38.1 Å². The predicted molar refractivity (Wildman–Crippen MR) is 88.9 cm³/mol. The molecule has 2 N–H and O–H groups in total. The fourth-order valence-corrected chi connectivity index (χ4v) is 2.98. The first-order valence-corrected chi connectivity index (χ1v) is 8.59. The number of piperazine rings is 1. The number of nitrogens with zero attached hydrogens (tertiary/aromatic N) is 3. The van der Waals surface area contributed by atoms with Crippen LogP contribution in [0.2, 0.25) is 0 Å². The fourth-order valence-electron chi connectivity index (χ4n) is 2.98. The van der Waals surface area contributed by atoms with Crippen LogP contribution < -0.4 is 10.6 Å². The van der Waals surface area contributed by atoms with E-state index in [9.17, 15) is 9.59 Å². The molecule has 25 heavy (non-hydrogen) atoms. The van der Waals surface area contributed by atoms with Gasteiger partial charge in [0.2, 0.25) is 5.91 Å². The van der Waals surface area contributed by atoms with Crippen LogP contribution in [0.5, 0.6) is 0 Å². The zero-order chi connectivity index (χ0) is 17.2. The number of amides is 2. The first-order chi connectivity index (χ1) is 12.2. The Bertz CT molecular complexity index is 750. The number of carbonyl (C=O) groups excluding carboxylic acids is 2. The fraction of sp³-hybridized carbons (Fsp3) is 0.471. The summed E-state index contributed by atoms with van der Waals surface area (Å²) < 4.78 is 7.42. The highest BCUT2D eigenvalue weighted by molar-refractivity contribution is 5.96. The molecule has 2 aromatic heterocycles. The number of hydrogen-bond donors (Lipinski definition) is 2. The van der Waals surface area contributed by atoms with E-state index in [4.69, 9.17) is 4.42 Å². The van der Waals surface area contributed by atoms with Gasteiger partial charge in [0.05, 0.1) is 6.54 Å². The van der Waals surface area contributed by atoms with E-state index >= 15 is 0 Å². The van der Waals surface area contributed by atoms with Crippen LogP contribution in [0.15, 0.2) is 35.0 Å². The van der Waals surface area contributed by atoms with Crippen LogP contribution >= 0.6 is 0 Å². The van der Waals surface area contributed by atoms with E-state index in [0.29, 0.717) is 31.9 Å². The monoisotopic (exact) mass is 343 g/mol. The third kappa shape index (κ3) is 3.58. The molecule has 2 amide bonds. The van der Waals surface area contributed by atoms with Gasteiger partial charge >= 0.3 is 0 Å². The molecule has 0 spiro atoms.